The maximum atomic E-state index is 13.5. The summed E-state index contributed by atoms with van der Waals surface area (Å²) in [5, 5.41) is 2.21. The summed E-state index contributed by atoms with van der Waals surface area (Å²) in [5.74, 6) is -3.17. The zero-order valence-corrected chi connectivity index (χ0v) is 12.3. The standard InChI is InChI=1S/C16H11F2N3O3/c17-9-1-2-12(18)13(7-9)20-14(22)4-6-21-15(23)10-3-5-19-8-11(10)16(21)24/h1-3,5,7-8H,4,6H2,(H,20,22). The van der Waals surface area contributed by atoms with Crippen molar-refractivity contribution in [1.29, 1.82) is 0 Å². The first kappa shape index (κ1) is 15.7. The predicted octanol–water partition coefficient (Wildman–Crippen LogP) is 1.98. The Labute approximate surface area is 135 Å². The summed E-state index contributed by atoms with van der Waals surface area (Å²) < 4.78 is 26.5. The Hall–Kier alpha value is -3.16. The van der Waals surface area contributed by atoms with Crippen LogP contribution in [0.4, 0.5) is 14.5 Å². The smallest absolute Gasteiger partial charge is 0.263 e. The van der Waals surface area contributed by atoms with Gasteiger partial charge in [0.25, 0.3) is 11.8 Å². The third kappa shape index (κ3) is 2.85. The topological polar surface area (TPSA) is 79.4 Å². The van der Waals surface area contributed by atoms with Crippen molar-refractivity contribution >= 4 is 23.4 Å². The number of rotatable bonds is 4. The summed E-state index contributed by atoms with van der Waals surface area (Å²) in [7, 11) is 0. The molecule has 0 saturated carbocycles. The lowest BCUT2D eigenvalue weighted by molar-refractivity contribution is -0.116. The average molecular weight is 331 g/mol. The summed E-state index contributed by atoms with van der Waals surface area (Å²) in [5.41, 5.74) is 0.109. The van der Waals surface area contributed by atoms with Crippen LogP contribution in [-0.2, 0) is 4.79 Å². The van der Waals surface area contributed by atoms with E-state index in [1.807, 2.05) is 0 Å². The molecule has 2 aromatic rings. The molecule has 3 amide bonds. The van der Waals surface area contributed by atoms with Gasteiger partial charge in [0.05, 0.1) is 16.8 Å². The molecule has 2 heterocycles. The van der Waals surface area contributed by atoms with Crippen molar-refractivity contribution in [2.75, 3.05) is 11.9 Å². The van der Waals surface area contributed by atoms with Crippen molar-refractivity contribution in [2.24, 2.45) is 0 Å². The van der Waals surface area contributed by atoms with Crippen molar-refractivity contribution in [3.8, 4) is 0 Å². The summed E-state index contributed by atoms with van der Waals surface area (Å²) in [6.07, 6.45) is 2.44. The molecule has 1 aliphatic rings. The van der Waals surface area contributed by atoms with Gasteiger partial charge in [0, 0.05) is 31.4 Å². The van der Waals surface area contributed by atoms with Crippen LogP contribution in [0.25, 0.3) is 0 Å². The van der Waals surface area contributed by atoms with Gasteiger partial charge in [-0.3, -0.25) is 24.3 Å². The van der Waals surface area contributed by atoms with E-state index >= 15 is 0 Å². The van der Waals surface area contributed by atoms with Crippen molar-refractivity contribution in [3.05, 3.63) is 59.4 Å². The molecule has 122 valence electrons. The SMILES string of the molecule is O=C(CCN1C(=O)c2ccncc2C1=O)Nc1cc(F)ccc1F. The van der Waals surface area contributed by atoms with E-state index in [0.29, 0.717) is 0 Å². The van der Waals surface area contributed by atoms with E-state index in [4.69, 9.17) is 0 Å². The molecule has 1 aromatic carbocycles. The van der Waals surface area contributed by atoms with Gasteiger partial charge in [0.2, 0.25) is 5.91 Å². The molecule has 0 fully saturated rings. The first-order valence-corrected chi connectivity index (χ1v) is 7.02. The second kappa shape index (κ2) is 6.15. The Morgan fingerprint density at radius 2 is 1.88 bits per heavy atom. The Balaban J connectivity index is 1.64. The van der Waals surface area contributed by atoms with Gasteiger partial charge in [-0.25, -0.2) is 8.78 Å². The van der Waals surface area contributed by atoms with Crippen LogP contribution in [0.3, 0.4) is 0 Å². The lowest BCUT2D eigenvalue weighted by Gasteiger charge is -2.13. The van der Waals surface area contributed by atoms with E-state index in [1.165, 1.54) is 18.5 Å². The maximum Gasteiger partial charge on any atom is 0.263 e. The molecule has 0 radical (unpaired) electrons. The van der Waals surface area contributed by atoms with Gasteiger partial charge in [-0.05, 0) is 18.2 Å². The van der Waals surface area contributed by atoms with Crippen LogP contribution in [0.2, 0.25) is 0 Å². The third-order valence-electron chi connectivity index (χ3n) is 3.54. The number of hydrogen-bond donors (Lipinski definition) is 1. The fraction of sp³-hybridized carbons (Fsp3) is 0.125. The number of halogens is 2. The van der Waals surface area contributed by atoms with Crippen LogP contribution >= 0.6 is 0 Å². The summed E-state index contributed by atoms with van der Waals surface area (Å²) in [6.45, 7) is -0.172. The lowest BCUT2D eigenvalue weighted by Crippen LogP contribution is -2.33. The molecule has 1 N–H and O–H groups in total. The van der Waals surface area contributed by atoms with Crippen molar-refractivity contribution in [1.82, 2.24) is 9.88 Å². The van der Waals surface area contributed by atoms with E-state index < -0.39 is 29.4 Å². The highest BCUT2D eigenvalue weighted by Crippen LogP contribution is 2.22. The summed E-state index contributed by atoms with van der Waals surface area (Å²) in [4.78, 5) is 40.8. The number of aromatic nitrogens is 1. The fourth-order valence-corrected chi connectivity index (χ4v) is 2.36. The number of imide groups is 1. The van der Waals surface area contributed by atoms with Gasteiger partial charge >= 0.3 is 0 Å². The first-order valence-electron chi connectivity index (χ1n) is 7.02. The Kier molecular flexibility index (Phi) is 4.03. The molecular formula is C16H11F2N3O3. The van der Waals surface area contributed by atoms with Gasteiger partial charge in [-0.2, -0.15) is 0 Å². The molecule has 0 spiro atoms. The number of hydrogen-bond acceptors (Lipinski definition) is 4. The Morgan fingerprint density at radius 1 is 1.12 bits per heavy atom. The molecule has 0 saturated heterocycles. The first-order chi connectivity index (χ1) is 11.5. The second-order valence-electron chi connectivity index (χ2n) is 5.11. The summed E-state index contributed by atoms with van der Waals surface area (Å²) in [6, 6.07) is 4.10. The predicted molar refractivity (Wildman–Crippen MR) is 79.2 cm³/mol. The molecular weight excluding hydrogens is 320 g/mol. The molecule has 1 aliphatic heterocycles. The zero-order chi connectivity index (χ0) is 17.3. The number of anilines is 1. The molecule has 0 atom stereocenters. The van der Waals surface area contributed by atoms with Gasteiger partial charge in [0.1, 0.15) is 11.6 Å². The largest absolute Gasteiger partial charge is 0.323 e. The number of nitrogens with one attached hydrogen (secondary N) is 1. The van der Waals surface area contributed by atoms with E-state index in [0.717, 1.165) is 23.1 Å². The normalized spacial score (nSPS) is 13.2. The minimum absolute atomic E-state index is 0.172. The minimum atomic E-state index is -0.781. The zero-order valence-electron chi connectivity index (χ0n) is 12.3. The molecule has 6 nitrogen and oxygen atoms in total. The molecule has 24 heavy (non-hydrogen) atoms. The van der Waals surface area contributed by atoms with Crippen LogP contribution in [0.5, 0.6) is 0 Å². The summed E-state index contributed by atoms with van der Waals surface area (Å²) >= 11 is 0. The monoisotopic (exact) mass is 331 g/mol. The Morgan fingerprint density at radius 3 is 2.62 bits per heavy atom. The number of amides is 3. The van der Waals surface area contributed by atoms with Crippen LogP contribution in [-0.4, -0.2) is 34.2 Å². The molecule has 8 heteroatoms. The highest BCUT2D eigenvalue weighted by molar-refractivity contribution is 6.21. The van der Waals surface area contributed by atoms with Gasteiger partial charge in [0.15, 0.2) is 0 Å². The number of benzene rings is 1. The van der Waals surface area contributed by atoms with Crippen molar-refractivity contribution in [3.63, 3.8) is 0 Å². The fourth-order valence-electron chi connectivity index (χ4n) is 2.36. The van der Waals surface area contributed by atoms with Gasteiger partial charge in [-0.1, -0.05) is 0 Å². The van der Waals surface area contributed by atoms with E-state index in [2.05, 4.69) is 10.3 Å². The highest BCUT2D eigenvalue weighted by Gasteiger charge is 2.35. The van der Waals surface area contributed by atoms with Crippen LogP contribution in [0.15, 0.2) is 36.7 Å². The maximum absolute atomic E-state index is 13.5. The lowest BCUT2D eigenvalue weighted by atomic mass is 10.2. The number of pyridine rings is 1. The Bertz CT molecular complexity index is 819. The molecule has 3 rings (SSSR count). The van der Waals surface area contributed by atoms with Crippen LogP contribution in [0, 0.1) is 11.6 Å². The van der Waals surface area contributed by atoms with Crippen molar-refractivity contribution in [2.45, 2.75) is 6.42 Å². The average Bonchev–Trinajstić information content (AvgIpc) is 2.81. The number of nitrogens with zero attached hydrogens (tertiary/aromatic N) is 2. The number of fused-ring (bicyclic) bond motifs is 1. The molecule has 0 bridgehead atoms. The minimum Gasteiger partial charge on any atom is -0.323 e. The van der Waals surface area contributed by atoms with E-state index in [9.17, 15) is 23.2 Å². The van der Waals surface area contributed by atoms with Gasteiger partial charge in [-0.15, -0.1) is 0 Å². The third-order valence-corrected chi connectivity index (χ3v) is 3.54. The number of carbonyl (C=O) groups is 3. The van der Waals surface area contributed by atoms with Crippen LogP contribution < -0.4 is 5.32 Å². The van der Waals surface area contributed by atoms with E-state index in [1.54, 1.807) is 0 Å². The second-order valence-corrected chi connectivity index (χ2v) is 5.11. The number of carbonyl (C=O) groups excluding carboxylic acids is 3. The quantitative estimate of drug-likeness (QED) is 0.869. The van der Waals surface area contributed by atoms with Crippen molar-refractivity contribution < 1.29 is 23.2 Å². The molecule has 1 aromatic heterocycles. The highest BCUT2D eigenvalue weighted by atomic mass is 19.1. The molecule has 0 aliphatic carbocycles. The molecule has 0 unspecified atom stereocenters. The van der Waals surface area contributed by atoms with E-state index in [-0.39, 0.29) is 29.8 Å². The van der Waals surface area contributed by atoms with Gasteiger partial charge < -0.3 is 5.32 Å². The van der Waals surface area contributed by atoms with Crippen LogP contribution in [0.1, 0.15) is 27.1 Å².